The first-order valence-corrected chi connectivity index (χ1v) is 18.4. The van der Waals surface area contributed by atoms with Crippen molar-refractivity contribution in [2.75, 3.05) is 20.2 Å². The summed E-state index contributed by atoms with van der Waals surface area (Å²) in [5.41, 5.74) is 2.40. The molecule has 1 aliphatic carbocycles. The van der Waals surface area contributed by atoms with Crippen LogP contribution >= 0.6 is 0 Å². The van der Waals surface area contributed by atoms with E-state index in [4.69, 9.17) is 9.57 Å². The van der Waals surface area contributed by atoms with Gasteiger partial charge < -0.3 is 30.4 Å². The Labute approximate surface area is 310 Å². The van der Waals surface area contributed by atoms with E-state index in [9.17, 15) is 28.4 Å². The zero-order chi connectivity index (χ0) is 38.8. The van der Waals surface area contributed by atoms with Crippen molar-refractivity contribution in [3.05, 3.63) is 64.5 Å². The Morgan fingerprint density at radius 2 is 1.70 bits per heavy atom. The largest absolute Gasteiger partial charge is 0.493 e. The number of likely N-dealkylation sites (tertiary alicyclic amines) is 1. The van der Waals surface area contributed by atoms with Gasteiger partial charge in [-0.2, -0.15) is 0 Å². The Balaban J connectivity index is 1.42. The SMILES string of the molecule is CCC[C@H](NC(=O)[C@@H]1C[C@]2(CC(c3cc(C)c(OCC)c(C)c3)=NO2)CN1C(=O)[C@H](NC(=O)[C@H]1C[C@@H]1c1ccc(F)cc1)C(C)(C)C)C(=O)C(=O)NC. The number of oxime groups is 1. The summed E-state index contributed by atoms with van der Waals surface area (Å²) in [6, 6.07) is 6.81. The maximum atomic E-state index is 14.7. The molecule has 0 radical (unpaired) electrons. The molecular weight excluding hydrogens is 681 g/mol. The smallest absolute Gasteiger partial charge is 0.289 e. The number of ether oxygens (including phenoxy) is 1. The van der Waals surface area contributed by atoms with E-state index in [0.717, 1.165) is 28.0 Å². The quantitative estimate of drug-likeness (QED) is 0.260. The molecule has 2 aliphatic heterocycles. The first-order valence-electron chi connectivity index (χ1n) is 18.4. The van der Waals surface area contributed by atoms with E-state index in [1.54, 1.807) is 12.1 Å². The van der Waals surface area contributed by atoms with Crippen molar-refractivity contribution in [1.82, 2.24) is 20.9 Å². The number of hydrogen-bond acceptors (Lipinski definition) is 8. The standard InChI is InChI=1S/C40H52FN5O7/c1-9-11-29(32(47)37(50)42-8)43-36(49)31-20-40(19-30(45-53-40)25-16-22(3)33(52-10-2)23(4)17-25)21-46(31)38(51)34(39(5,6)7)44-35(48)28-18-27(28)24-12-14-26(41)15-13-24/h12-17,27-29,31,34H,9-11,18-21H2,1-8H3,(H,42,50)(H,43,49)(H,44,48)/t27-,28+,29+,31+,34+,40-/m1/s1. The van der Waals surface area contributed by atoms with Crippen LogP contribution in [-0.2, 0) is 28.8 Å². The van der Waals surface area contributed by atoms with Crippen LogP contribution in [-0.4, -0.2) is 83.9 Å². The summed E-state index contributed by atoms with van der Waals surface area (Å²) >= 11 is 0. The van der Waals surface area contributed by atoms with Crippen molar-refractivity contribution in [3.8, 4) is 5.75 Å². The molecule has 4 amide bonds. The van der Waals surface area contributed by atoms with Gasteiger partial charge in [0.2, 0.25) is 23.5 Å². The second-order valence-electron chi connectivity index (χ2n) is 15.6. The Bertz CT molecular complexity index is 1770. The Hall–Kier alpha value is -4.81. The normalized spacial score (nSPS) is 23.1. The fourth-order valence-corrected chi connectivity index (χ4v) is 7.51. The summed E-state index contributed by atoms with van der Waals surface area (Å²) in [5.74, 6) is -3.02. The number of halogens is 1. The molecule has 2 aromatic carbocycles. The number of amides is 4. The minimum Gasteiger partial charge on any atom is -0.493 e. The molecule has 3 N–H and O–H groups in total. The molecule has 12 nitrogen and oxygen atoms in total. The van der Waals surface area contributed by atoms with Gasteiger partial charge in [0, 0.05) is 31.4 Å². The van der Waals surface area contributed by atoms with E-state index in [1.165, 1.54) is 24.1 Å². The molecule has 6 atom stereocenters. The van der Waals surface area contributed by atoms with Gasteiger partial charge in [-0.1, -0.05) is 51.4 Å². The molecule has 1 spiro atoms. The minimum absolute atomic E-state index is 0.00215. The summed E-state index contributed by atoms with van der Waals surface area (Å²) in [6.45, 7) is 13.7. The van der Waals surface area contributed by atoms with Gasteiger partial charge in [0.25, 0.3) is 5.91 Å². The number of hydrogen-bond donors (Lipinski definition) is 3. The van der Waals surface area contributed by atoms with Crippen molar-refractivity contribution in [3.63, 3.8) is 0 Å². The van der Waals surface area contributed by atoms with Gasteiger partial charge in [-0.15, -0.1) is 0 Å². The molecule has 1 saturated carbocycles. The topological polar surface area (TPSA) is 156 Å². The lowest BCUT2D eigenvalue weighted by molar-refractivity contribution is -0.145. The van der Waals surface area contributed by atoms with Crippen LogP contribution in [0.3, 0.4) is 0 Å². The molecule has 286 valence electrons. The highest BCUT2D eigenvalue weighted by Gasteiger charge is 2.56. The van der Waals surface area contributed by atoms with Crippen LogP contribution in [0.5, 0.6) is 5.75 Å². The second kappa shape index (κ2) is 15.7. The van der Waals surface area contributed by atoms with E-state index in [2.05, 4.69) is 21.1 Å². The van der Waals surface area contributed by atoms with Crippen LogP contribution in [0.4, 0.5) is 4.39 Å². The molecule has 0 aromatic heterocycles. The maximum Gasteiger partial charge on any atom is 0.289 e. The van der Waals surface area contributed by atoms with Crippen LogP contribution in [0.15, 0.2) is 41.6 Å². The van der Waals surface area contributed by atoms with E-state index in [0.29, 0.717) is 31.6 Å². The number of aryl methyl sites for hydroxylation is 2. The van der Waals surface area contributed by atoms with E-state index in [-0.39, 0.29) is 42.9 Å². The number of nitrogens with zero attached hydrogens (tertiary/aromatic N) is 2. The van der Waals surface area contributed by atoms with Crippen LogP contribution < -0.4 is 20.7 Å². The molecule has 13 heteroatoms. The molecule has 0 unspecified atom stereocenters. The van der Waals surface area contributed by atoms with Crippen molar-refractivity contribution in [2.45, 2.75) is 110 Å². The number of carbonyl (C=O) groups excluding carboxylic acids is 5. The third-order valence-corrected chi connectivity index (χ3v) is 10.4. The van der Waals surface area contributed by atoms with Crippen LogP contribution in [0, 0.1) is 31.0 Å². The number of likely N-dealkylation sites (N-methyl/N-ethyl adjacent to an activating group) is 1. The van der Waals surface area contributed by atoms with Gasteiger partial charge in [-0.05, 0) is 85.9 Å². The molecule has 2 heterocycles. The van der Waals surface area contributed by atoms with Crippen molar-refractivity contribution in [2.24, 2.45) is 16.5 Å². The monoisotopic (exact) mass is 733 g/mol. The summed E-state index contributed by atoms with van der Waals surface area (Å²) in [5, 5.41) is 12.5. The number of carbonyl (C=O) groups is 5. The highest BCUT2D eigenvalue weighted by molar-refractivity contribution is 6.38. The molecule has 2 aromatic rings. The van der Waals surface area contributed by atoms with Gasteiger partial charge >= 0.3 is 0 Å². The number of ketones is 1. The number of nitrogens with one attached hydrogen (secondary N) is 3. The maximum absolute atomic E-state index is 14.7. The van der Waals surface area contributed by atoms with Crippen LogP contribution in [0.1, 0.15) is 94.9 Å². The molecular formula is C40H52FN5O7. The minimum atomic E-state index is -1.09. The fraction of sp³-hybridized carbons (Fsp3) is 0.550. The predicted molar refractivity (Wildman–Crippen MR) is 197 cm³/mol. The average molecular weight is 734 g/mol. The Kier molecular flexibility index (Phi) is 11.6. The molecule has 1 saturated heterocycles. The molecule has 53 heavy (non-hydrogen) atoms. The number of Topliss-reactive ketones (excluding diaryl/α,β-unsaturated/α-hetero) is 1. The van der Waals surface area contributed by atoms with E-state index in [1.807, 2.05) is 60.6 Å². The van der Waals surface area contributed by atoms with Gasteiger partial charge in [0.05, 0.1) is 24.9 Å². The lowest BCUT2D eigenvalue weighted by Crippen LogP contribution is -2.59. The fourth-order valence-electron chi connectivity index (χ4n) is 7.51. The molecule has 3 aliphatic rings. The Morgan fingerprint density at radius 1 is 1.04 bits per heavy atom. The first-order chi connectivity index (χ1) is 25.0. The third kappa shape index (κ3) is 8.55. The Morgan fingerprint density at radius 3 is 2.28 bits per heavy atom. The van der Waals surface area contributed by atoms with Crippen molar-refractivity contribution < 1.29 is 37.9 Å². The van der Waals surface area contributed by atoms with Crippen LogP contribution in [0.2, 0.25) is 0 Å². The van der Waals surface area contributed by atoms with E-state index < -0.39 is 52.6 Å². The second-order valence-corrected chi connectivity index (χ2v) is 15.6. The summed E-state index contributed by atoms with van der Waals surface area (Å²) < 4.78 is 19.4. The molecule has 2 fully saturated rings. The summed E-state index contributed by atoms with van der Waals surface area (Å²) in [6.07, 6.45) is 1.68. The zero-order valence-corrected chi connectivity index (χ0v) is 31.9. The van der Waals surface area contributed by atoms with Gasteiger partial charge in [-0.25, -0.2) is 4.39 Å². The van der Waals surface area contributed by atoms with Gasteiger partial charge in [0.15, 0.2) is 5.60 Å². The highest BCUT2D eigenvalue weighted by atomic mass is 19.1. The number of rotatable bonds is 13. The number of benzene rings is 2. The molecule has 5 rings (SSSR count). The summed E-state index contributed by atoms with van der Waals surface area (Å²) in [7, 11) is 1.35. The predicted octanol–water partition coefficient (Wildman–Crippen LogP) is 4.24. The van der Waals surface area contributed by atoms with E-state index >= 15 is 0 Å². The lowest BCUT2D eigenvalue weighted by Gasteiger charge is -2.35. The van der Waals surface area contributed by atoms with Crippen molar-refractivity contribution in [1.29, 1.82) is 0 Å². The van der Waals surface area contributed by atoms with Gasteiger partial charge in [-0.3, -0.25) is 24.0 Å². The van der Waals surface area contributed by atoms with Crippen molar-refractivity contribution >= 4 is 35.1 Å². The zero-order valence-electron chi connectivity index (χ0n) is 31.9. The molecule has 0 bridgehead atoms. The first kappa shape index (κ1) is 39.4. The highest BCUT2D eigenvalue weighted by Crippen LogP contribution is 2.48. The lowest BCUT2D eigenvalue weighted by atomic mass is 9.85. The van der Waals surface area contributed by atoms with Gasteiger partial charge in [0.1, 0.15) is 23.7 Å². The third-order valence-electron chi connectivity index (χ3n) is 10.4. The summed E-state index contributed by atoms with van der Waals surface area (Å²) in [4.78, 5) is 75.3. The van der Waals surface area contributed by atoms with Crippen LogP contribution in [0.25, 0.3) is 0 Å². The average Bonchev–Trinajstić information content (AvgIpc) is 3.67.